The van der Waals surface area contributed by atoms with E-state index in [4.69, 9.17) is 5.11 Å². The van der Waals surface area contributed by atoms with E-state index in [1.54, 1.807) is 47.6 Å². The molecular weight excluding hydrogens is 443 g/mol. The van der Waals surface area contributed by atoms with Gasteiger partial charge in [0.25, 0.3) is 0 Å². The zero-order valence-corrected chi connectivity index (χ0v) is 18.1. The number of carboxylic acids is 1. The molecule has 0 spiro atoms. The molecule has 1 saturated heterocycles. The fourth-order valence-electron chi connectivity index (χ4n) is 3.79. The van der Waals surface area contributed by atoms with Crippen LogP contribution in [0.5, 0.6) is 0 Å². The van der Waals surface area contributed by atoms with Crippen LogP contribution in [-0.4, -0.2) is 45.2 Å². The summed E-state index contributed by atoms with van der Waals surface area (Å²) < 4.78 is 14.2. The Morgan fingerprint density at radius 1 is 1.18 bits per heavy atom. The highest BCUT2D eigenvalue weighted by Crippen LogP contribution is 2.30. The van der Waals surface area contributed by atoms with Crippen LogP contribution >= 0.6 is 0 Å². The van der Waals surface area contributed by atoms with Crippen LogP contribution in [0, 0.1) is 16.0 Å². The van der Waals surface area contributed by atoms with E-state index in [1.807, 2.05) is 12.1 Å². The molecule has 0 radical (unpaired) electrons. The van der Waals surface area contributed by atoms with E-state index in [1.165, 1.54) is 6.07 Å². The molecule has 3 N–H and O–H groups in total. The molecule has 2 atom stereocenters. The number of hydrogen-bond acceptors (Lipinski definition) is 8. The normalized spacial score (nSPS) is 17.7. The molecular formula is C23H23FN6O4. The van der Waals surface area contributed by atoms with Crippen LogP contribution in [0.25, 0.3) is 0 Å². The number of alkyl halides is 1. The summed E-state index contributed by atoms with van der Waals surface area (Å²) in [6, 6.07) is 13.6. The smallest absolute Gasteiger partial charge is 0.311 e. The molecule has 176 valence electrons. The molecule has 10 nitrogen and oxygen atoms in total. The fraction of sp³-hybridized carbons (Fsp3) is 0.261. The van der Waals surface area contributed by atoms with Gasteiger partial charge in [0.05, 0.1) is 17.4 Å². The maximum atomic E-state index is 14.2. The lowest BCUT2D eigenvalue weighted by Gasteiger charge is -2.34. The van der Waals surface area contributed by atoms with Gasteiger partial charge in [-0.25, -0.2) is 9.37 Å². The van der Waals surface area contributed by atoms with Crippen molar-refractivity contribution in [1.82, 2.24) is 9.97 Å². The van der Waals surface area contributed by atoms with Crippen molar-refractivity contribution < 1.29 is 19.2 Å². The molecule has 1 aromatic carbocycles. The number of benzene rings is 1. The number of rotatable bonds is 8. The number of carboxylic acid groups (broad SMARTS) is 1. The van der Waals surface area contributed by atoms with Crippen LogP contribution in [-0.2, 0) is 11.3 Å². The molecule has 0 aliphatic carbocycles. The molecule has 1 fully saturated rings. The van der Waals surface area contributed by atoms with Crippen molar-refractivity contribution in [2.45, 2.75) is 19.1 Å². The lowest BCUT2D eigenvalue weighted by Crippen LogP contribution is -2.44. The molecule has 0 bridgehead atoms. The Bertz CT molecular complexity index is 1160. The molecule has 1 aliphatic rings. The molecule has 3 heterocycles. The van der Waals surface area contributed by atoms with Crippen molar-refractivity contribution in [3.05, 3.63) is 76.6 Å². The summed E-state index contributed by atoms with van der Waals surface area (Å²) in [5.41, 5.74) is 2.13. The van der Waals surface area contributed by atoms with Gasteiger partial charge in [-0.05, 0) is 54.4 Å². The summed E-state index contributed by atoms with van der Waals surface area (Å²) in [6.45, 7) is 0.917. The molecule has 4 rings (SSSR count). The van der Waals surface area contributed by atoms with E-state index in [2.05, 4.69) is 20.6 Å². The van der Waals surface area contributed by atoms with E-state index in [0.29, 0.717) is 24.6 Å². The van der Waals surface area contributed by atoms with E-state index in [9.17, 15) is 19.3 Å². The van der Waals surface area contributed by atoms with Gasteiger partial charge < -0.3 is 20.6 Å². The Balaban J connectivity index is 1.46. The highest BCUT2D eigenvalue weighted by Gasteiger charge is 2.34. The predicted octanol–water partition coefficient (Wildman–Crippen LogP) is 3.99. The second-order valence-electron chi connectivity index (χ2n) is 7.90. The van der Waals surface area contributed by atoms with Gasteiger partial charge in [-0.15, -0.1) is 0 Å². The zero-order valence-electron chi connectivity index (χ0n) is 18.1. The number of nitrogens with one attached hydrogen (secondary N) is 2. The maximum Gasteiger partial charge on any atom is 0.311 e. The van der Waals surface area contributed by atoms with Crippen LogP contribution in [0.3, 0.4) is 0 Å². The van der Waals surface area contributed by atoms with Gasteiger partial charge in [0.1, 0.15) is 12.0 Å². The Morgan fingerprint density at radius 3 is 2.56 bits per heavy atom. The Labute approximate surface area is 194 Å². The summed E-state index contributed by atoms with van der Waals surface area (Å²) in [5.74, 6) is -1.54. The van der Waals surface area contributed by atoms with Gasteiger partial charge in [-0.3, -0.25) is 19.9 Å². The predicted molar refractivity (Wildman–Crippen MR) is 125 cm³/mol. The van der Waals surface area contributed by atoms with Crippen LogP contribution in [0.2, 0.25) is 0 Å². The Morgan fingerprint density at radius 2 is 1.91 bits per heavy atom. The van der Waals surface area contributed by atoms with Crippen LogP contribution < -0.4 is 15.5 Å². The number of aliphatic carboxylic acids is 1. The van der Waals surface area contributed by atoms with Gasteiger partial charge in [0.2, 0.25) is 5.82 Å². The number of pyridine rings is 2. The minimum atomic E-state index is -1.45. The largest absolute Gasteiger partial charge is 0.481 e. The van der Waals surface area contributed by atoms with Crippen molar-refractivity contribution in [2.75, 3.05) is 28.6 Å². The molecule has 3 aromatic rings. The first-order valence-corrected chi connectivity index (χ1v) is 10.7. The molecule has 2 aromatic heterocycles. The number of halogens is 1. The van der Waals surface area contributed by atoms with Gasteiger partial charge in [-0.1, -0.05) is 0 Å². The molecule has 11 heteroatoms. The van der Waals surface area contributed by atoms with Crippen LogP contribution in [0.4, 0.5) is 33.1 Å². The number of carbonyl (C=O) groups is 1. The second-order valence-corrected chi connectivity index (χ2v) is 7.90. The third kappa shape index (κ3) is 5.37. The van der Waals surface area contributed by atoms with Gasteiger partial charge in [0, 0.05) is 42.9 Å². The first-order valence-electron chi connectivity index (χ1n) is 10.7. The summed E-state index contributed by atoms with van der Waals surface area (Å²) in [5, 5.41) is 26.7. The zero-order chi connectivity index (χ0) is 24.1. The van der Waals surface area contributed by atoms with Gasteiger partial charge in [-0.2, -0.15) is 0 Å². The third-order valence-electron chi connectivity index (χ3n) is 5.65. The van der Waals surface area contributed by atoms with E-state index in [-0.39, 0.29) is 24.5 Å². The highest BCUT2D eigenvalue weighted by atomic mass is 19.1. The van der Waals surface area contributed by atoms with Crippen molar-refractivity contribution >= 4 is 34.7 Å². The minimum absolute atomic E-state index is 0.00195. The average molecular weight is 466 g/mol. The van der Waals surface area contributed by atoms with E-state index in [0.717, 1.165) is 11.3 Å². The van der Waals surface area contributed by atoms with E-state index < -0.39 is 23.0 Å². The molecule has 34 heavy (non-hydrogen) atoms. The average Bonchev–Trinajstić information content (AvgIpc) is 2.83. The molecule has 2 unspecified atom stereocenters. The number of nitro groups is 1. The monoisotopic (exact) mass is 466 g/mol. The van der Waals surface area contributed by atoms with Crippen molar-refractivity contribution in [1.29, 1.82) is 0 Å². The summed E-state index contributed by atoms with van der Waals surface area (Å²) in [6.07, 6.45) is 2.14. The number of hydrogen-bond donors (Lipinski definition) is 3. The lowest BCUT2D eigenvalue weighted by atomic mass is 9.95. The Hall–Kier alpha value is -4.28. The lowest BCUT2D eigenvalue weighted by molar-refractivity contribution is -0.384. The Kier molecular flexibility index (Phi) is 6.81. The van der Waals surface area contributed by atoms with E-state index >= 15 is 0 Å². The van der Waals surface area contributed by atoms with Crippen molar-refractivity contribution in [3.8, 4) is 0 Å². The van der Waals surface area contributed by atoms with Crippen LogP contribution in [0.1, 0.15) is 12.0 Å². The number of anilines is 4. The standard InChI is InChI=1S/C23H23FN6O4/c24-19-14-29(12-9-18(19)23(31)32)17-3-1-16(2-4-17)27-22-20(30(33)34)5-6-21(28-22)26-13-15-7-10-25-11-8-15/h1-8,10-11,18-19H,9,12-14H2,(H,31,32)(H2,26,27,28). The summed E-state index contributed by atoms with van der Waals surface area (Å²) in [4.78, 5) is 32.2. The van der Waals surface area contributed by atoms with Crippen molar-refractivity contribution in [2.24, 2.45) is 5.92 Å². The van der Waals surface area contributed by atoms with Gasteiger partial charge >= 0.3 is 11.7 Å². The fourth-order valence-corrected chi connectivity index (χ4v) is 3.79. The van der Waals surface area contributed by atoms with Crippen molar-refractivity contribution in [3.63, 3.8) is 0 Å². The quantitative estimate of drug-likeness (QED) is 0.333. The second kappa shape index (κ2) is 10.1. The highest BCUT2D eigenvalue weighted by molar-refractivity contribution is 5.72. The summed E-state index contributed by atoms with van der Waals surface area (Å²) in [7, 11) is 0. The molecule has 0 amide bonds. The summed E-state index contributed by atoms with van der Waals surface area (Å²) >= 11 is 0. The topological polar surface area (TPSA) is 134 Å². The third-order valence-corrected chi connectivity index (χ3v) is 5.65. The SMILES string of the molecule is O=C(O)C1CCN(c2ccc(Nc3nc(NCc4ccncc4)ccc3[N+](=O)[O-])cc2)CC1F. The number of aromatic nitrogens is 2. The maximum absolute atomic E-state index is 14.2. The first kappa shape index (κ1) is 22.9. The first-order chi connectivity index (χ1) is 16.4. The number of piperidine rings is 1. The molecule has 0 saturated carbocycles. The van der Waals surface area contributed by atoms with Crippen LogP contribution in [0.15, 0.2) is 60.9 Å². The minimum Gasteiger partial charge on any atom is -0.481 e. The van der Waals surface area contributed by atoms with Gasteiger partial charge in [0.15, 0.2) is 0 Å². The molecule has 1 aliphatic heterocycles. The number of nitrogens with zero attached hydrogens (tertiary/aromatic N) is 4.